The number of aromatic nitrogens is 1. The zero-order valence-corrected chi connectivity index (χ0v) is 12.2. The number of rotatable bonds is 6. The molecule has 4 heteroatoms. The fraction of sp³-hybridized carbons (Fsp3) is 0.600. The van der Waals surface area contributed by atoms with Crippen molar-refractivity contribution < 1.29 is 0 Å². The Bertz CT molecular complexity index is 477. The molecule has 1 aliphatic carbocycles. The van der Waals surface area contributed by atoms with Crippen molar-refractivity contribution in [2.75, 3.05) is 18.0 Å². The highest BCUT2D eigenvalue weighted by atomic mass is 15.1. The number of nitrogens with two attached hydrogens (primary N) is 1. The molecule has 1 fully saturated rings. The minimum absolute atomic E-state index is 0.122. The smallest absolute Gasteiger partial charge is 0.126 e. The summed E-state index contributed by atoms with van der Waals surface area (Å²) in [5.41, 5.74) is 9.51. The lowest BCUT2D eigenvalue weighted by atomic mass is 10.1. The molecule has 0 aromatic carbocycles. The molecule has 3 N–H and O–H groups in total. The first-order valence-corrected chi connectivity index (χ1v) is 7.10. The lowest BCUT2D eigenvalue weighted by Gasteiger charge is -2.27. The fourth-order valence-corrected chi connectivity index (χ4v) is 2.58. The van der Waals surface area contributed by atoms with Crippen LogP contribution in [0.4, 0.5) is 5.69 Å². The molecule has 0 spiro atoms. The molecule has 4 nitrogen and oxygen atoms in total. The standard InChI is InChI=1S/C15H24N4/c1-4-7-19(9-12-5-6-12)13-8-10(2)18-11(3)14(13)15(16)17/h8,12H,4-7,9H2,1-3H3,(H3,16,17). The number of aryl methyl sites for hydroxylation is 2. The van der Waals surface area contributed by atoms with Crippen molar-refractivity contribution in [1.29, 1.82) is 5.41 Å². The topological polar surface area (TPSA) is 66.0 Å². The molecular weight excluding hydrogens is 236 g/mol. The Balaban J connectivity index is 2.40. The van der Waals surface area contributed by atoms with Crippen LogP contribution in [-0.2, 0) is 0 Å². The van der Waals surface area contributed by atoms with E-state index in [0.29, 0.717) is 0 Å². The van der Waals surface area contributed by atoms with Gasteiger partial charge in [0.25, 0.3) is 0 Å². The Kier molecular flexibility index (Phi) is 4.08. The zero-order chi connectivity index (χ0) is 14.0. The van der Waals surface area contributed by atoms with Crippen LogP contribution >= 0.6 is 0 Å². The van der Waals surface area contributed by atoms with Crippen LogP contribution in [0, 0.1) is 25.2 Å². The molecule has 0 radical (unpaired) electrons. The minimum Gasteiger partial charge on any atom is -0.384 e. The maximum Gasteiger partial charge on any atom is 0.126 e. The third-order valence-electron chi connectivity index (χ3n) is 3.59. The van der Waals surface area contributed by atoms with E-state index in [4.69, 9.17) is 11.1 Å². The van der Waals surface area contributed by atoms with Crippen LogP contribution < -0.4 is 10.6 Å². The molecule has 0 bridgehead atoms. The van der Waals surface area contributed by atoms with Crippen LogP contribution in [0.3, 0.4) is 0 Å². The minimum atomic E-state index is 0.122. The maximum atomic E-state index is 7.82. The molecule has 0 saturated heterocycles. The first kappa shape index (κ1) is 13.8. The summed E-state index contributed by atoms with van der Waals surface area (Å²) in [4.78, 5) is 6.83. The van der Waals surface area contributed by atoms with Gasteiger partial charge in [0.2, 0.25) is 0 Å². The molecule has 1 aromatic rings. The van der Waals surface area contributed by atoms with E-state index in [1.165, 1.54) is 12.8 Å². The van der Waals surface area contributed by atoms with Gasteiger partial charge in [0.05, 0.1) is 16.9 Å². The van der Waals surface area contributed by atoms with Gasteiger partial charge in [0, 0.05) is 18.8 Å². The van der Waals surface area contributed by atoms with E-state index >= 15 is 0 Å². The largest absolute Gasteiger partial charge is 0.384 e. The van der Waals surface area contributed by atoms with Gasteiger partial charge in [0.15, 0.2) is 0 Å². The van der Waals surface area contributed by atoms with Gasteiger partial charge < -0.3 is 10.6 Å². The van der Waals surface area contributed by atoms with Crippen LogP contribution in [0.1, 0.15) is 43.1 Å². The molecule has 0 unspecified atom stereocenters. The van der Waals surface area contributed by atoms with Crippen molar-refractivity contribution >= 4 is 11.5 Å². The van der Waals surface area contributed by atoms with Crippen molar-refractivity contribution in [3.8, 4) is 0 Å². The fourth-order valence-electron chi connectivity index (χ4n) is 2.58. The summed E-state index contributed by atoms with van der Waals surface area (Å²) in [6.45, 7) is 8.22. The summed E-state index contributed by atoms with van der Waals surface area (Å²) in [5.74, 6) is 0.942. The number of anilines is 1. The Morgan fingerprint density at radius 3 is 2.68 bits per heavy atom. The van der Waals surface area contributed by atoms with E-state index in [-0.39, 0.29) is 5.84 Å². The third-order valence-corrected chi connectivity index (χ3v) is 3.59. The van der Waals surface area contributed by atoms with Gasteiger partial charge in [0.1, 0.15) is 5.84 Å². The first-order chi connectivity index (χ1) is 9.02. The van der Waals surface area contributed by atoms with E-state index in [2.05, 4.69) is 22.9 Å². The third kappa shape index (κ3) is 3.25. The predicted octanol–water partition coefficient (Wildman–Crippen LogP) is 2.61. The van der Waals surface area contributed by atoms with Crippen LogP contribution in [0.25, 0.3) is 0 Å². The zero-order valence-electron chi connectivity index (χ0n) is 12.2. The van der Waals surface area contributed by atoms with Crippen molar-refractivity contribution in [3.05, 3.63) is 23.0 Å². The van der Waals surface area contributed by atoms with Crippen LogP contribution in [-0.4, -0.2) is 23.9 Å². The summed E-state index contributed by atoms with van der Waals surface area (Å²) in [7, 11) is 0. The second kappa shape index (κ2) is 5.59. The Morgan fingerprint density at radius 1 is 1.47 bits per heavy atom. The van der Waals surface area contributed by atoms with Gasteiger partial charge in [-0.2, -0.15) is 0 Å². The number of hydrogen-bond acceptors (Lipinski definition) is 3. The number of nitrogens with zero attached hydrogens (tertiary/aromatic N) is 2. The van der Waals surface area contributed by atoms with Gasteiger partial charge >= 0.3 is 0 Å². The molecule has 2 rings (SSSR count). The SMILES string of the molecule is CCCN(CC1CC1)c1cc(C)nc(C)c1C(=N)N. The molecule has 19 heavy (non-hydrogen) atoms. The Hall–Kier alpha value is -1.58. The average molecular weight is 260 g/mol. The number of nitrogens with one attached hydrogen (secondary N) is 1. The Labute approximate surface area is 115 Å². The summed E-state index contributed by atoms with van der Waals surface area (Å²) in [6.07, 6.45) is 3.77. The van der Waals surface area contributed by atoms with E-state index in [1.54, 1.807) is 0 Å². The molecule has 1 aromatic heterocycles. The van der Waals surface area contributed by atoms with Gasteiger partial charge in [-0.25, -0.2) is 0 Å². The monoisotopic (exact) mass is 260 g/mol. The molecule has 0 aliphatic heterocycles. The van der Waals surface area contributed by atoms with Crippen LogP contribution in [0.15, 0.2) is 6.07 Å². The summed E-state index contributed by atoms with van der Waals surface area (Å²) in [6, 6.07) is 2.07. The first-order valence-electron chi connectivity index (χ1n) is 7.10. The Morgan fingerprint density at radius 2 is 2.16 bits per heavy atom. The molecular formula is C15H24N4. The second-order valence-electron chi connectivity index (χ2n) is 5.55. The number of nitrogen functional groups attached to an aromatic ring is 1. The quantitative estimate of drug-likeness (QED) is 0.610. The van der Waals surface area contributed by atoms with Gasteiger partial charge in [-0.3, -0.25) is 10.4 Å². The van der Waals surface area contributed by atoms with Gasteiger partial charge in [-0.05, 0) is 45.1 Å². The molecule has 1 aliphatic rings. The van der Waals surface area contributed by atoms with Crippen molar-refractivity contribution in [2.45, 2.75) is 40.0 Å². The summed E-state index contributed by atoms with van der Waals surface area (Å²) < 4.78 is 0. The number of hydrogen-bond donors (Lipinski definition) is 2. The second-order valence-corrected chi connectivity index (χ2v) is 5.55. The highest BCUT2D eigenvalue weighted by molar-refractivity contribution is 6.01. The van der Waals surface area contributed by atoms with E-state index < -0.39 is 0 Å². The van der Waals surface area contributed by atoms with Gasteiger partial charge in [-0.15, -0.1) is 0 Å². The molecule has 0 amide bonds. The summed E-state index contributed by atoms with van der Waals surface area (Å²) in [5, 5.41) is 7.82. The molecule has 104 valence electrons. The number of pyridine rings is 1. The predicted molar refractivity (Wildman–Crippen MR) is 80.0 cm³/mol. The van der Waals surface area contributed by atoms with Gasteiger partial charge in [-0.1, -0.05) is 6.92 Å². The van der Waals surface area contributed by atoms with E-state index in [9.17, 15) is 0 Å². The lowest BCUT2D eigenvalue weighted by molar-refractivity contribution is 0.706. The normalized spacial score (nSPS) is 14.5. The van der Waals surface area contributed by atoms with E-state index in [0.717, 1.165) is 48.1 Å². The maximum absolute atomic E-state index is 7.82. The van der Waals surface area contributed by atoms with Crippen molar-refractivity contribution in [2.24, 2.45) is 11.7 Å². The van der Waals surface area contributed by atoms with Crippen LogP contribution in [0.2, 0.25) is 0 Å². The molecule has 1 saturated carbocycles. The van der Waals surface area contributed by atoms with Crippen molar-refractivity contribution in [3.63, 3.8) is 0 Å². The summed E-state index contributed by atoms with van der Waals surface area (Å²) >= 11 is 0. The molecule has 1 heterocycles. The van der Waals surface area contributed by atoms with E-state index in [1.807, 2.05) is 13.8 Å². The average Bonchev–Trinajstić information content (AvgIpc) is 3.10. The van der Waals surface area contributed by atoms with Crippen molar-refractivity contribution in [1.82, 2.24) is 4.98 Å². The highest BCUT2D eigenvalue weighted by Crippen LogP contribution is 2.33. The molecule has 0 atom stereocenters. The lowest BCUT2D eigenvalue weighted by Crippen LogP contribution is -2.30. The van der Waals surface area contributed by atoms with Crippen LogP contribution in [0.5, 0.6) is 0 Å². The number of amidine groups is 1. The highest BCUT2D eigenvalue weighted by Gasteiger charge is 2.26.